The Hall–Kier alpha value is -1.99. The first kappa shape index (κ1) is 17.8. The molecule has 1 aliphatic rings. The van der Waals surface area contributed by atoms with Crippen molar-refractivity contribution in [2.75, 3.05) is 33.4 Å². The zero-order valence-corrected chi connectivity index (χ0v) is 15.2. The third kappa shape index (κ3) is 3.52. The van der Waals surface area contributed by atoms with E-state index in [1.807, 2.05) is 20.9 Å². The van der Waals surface area contributed by atoms with Crippen LogP contribution in [0.25, 0.3) is 5.52 Å². The second-order valence-electron chi connectivity index (χ2n) is 7.24. The standard InChI is InChI=1S/C18H25FN4O2/c1-12-15-14(19)6-5-7-23(15)17(20-12)18(2,3)21-16(24)13-10-22(4)8-9-25-11-13/h5-7,13H,8-11H2,1-4H3,(H,21,24). The summed E-state index contributed by atoms with van der Waals surface area (Å²) in [4.78, 5) is 19.4. The van der Waals surface area contributed by atoms with Crippen LogP contribution in [0.4, 0.5) is 4.39 Å². The fourth-order valence-corrected chi connectivity index (χ4v) is 3.30. The van der Waals surface area contributed by atoms with Gasteiger partial charge in [-0.1, -0.05) is 0 Å². The molecule has 7 heteroatoms. The predicted molar refractivity (Wildman–Crippen MR) is 92.9 cm³/mol. The summed E-state index contributed by atoms with van der Waals surface area (Å²) >= 11 is 0. The molecule has 2 aromatic rings. The summed E-state index contributed by atoms with van der Waals surface area (Å²) in [6.45, 7) is 8.04. The highest BCUT2D eigenvalue weighted by molar-refractivity contribution is 5.80. The Labute approximate surface area is 147 Å². The third-order valence-corrected chi connectivity index (χ3v) is 4.62. The lowest BCUT2D eigenvalue weighted by atomic mass is 10.0. The van der Waals surface area contributed by atoms with Crippen molar-refractivity contribution >= 4 is 11.4 Å². The summed E-state index contributed by atoms with van der Waals surface area (Å²) in [6.07, 6.45) is 1.77. The fourth-order valence-electron chi connectivity index (χ4n) is 3.30. The highest BCUT2D eigenvalue weighted by Gasteiger charge is 2.32. The van der Waals surface area contributed by atoms with Gasteiger partial charge < -0.3 is 15.0 Å². The van der Waals surface area contributed by atoms with Crippen molar-refractivity contribution in [2.45, 2.75) is 26.3 Å². The Kier molecular flexibility index (Phi) is 4.79. The molecule has 0 bridgehead atoms. The number of rotatable bonds is 3. The van der Waals surface area contributed by atoms with Gasteiger partial charge in [-0.2, -0.15) is 0 Å². The molecule has 3 rings (SSSR count). The highest BCUT2D eigenvalue weighted by Crippen LogP contribution is 2.25. The van der Waals surface area contributed by atoms with E-state index in [1.54, 1.807) is 23.6 Å². The first-order valence-corrected chi connectivity index (χ1v) is 8.51. The molecule has 1 fully saturated rings. The van der Waals surface area contributed by atoms with Gasteiger partial charge in [0.1, 0.15) is 17.2 Å². The highest BCUT2D eigenvalue weighted by atomic mass is 19.1. The number of imidazole rings is 1. The van der Waals surface area contributed by atoms with Gasteiger partial charge in [0, 0.05) is 19.3 Å². The molecule has 1 aliphatic heterocycles. The Balaban J connectivity index is 1.87. The van der Waals surface area contributed by atoms with E-state index in [-0.39, 0.29) is 17.6 Å². The fraction of sp³-hybridized carbons (Fsp3) is 0.556. The van der Waals surface area contributed by atoms with Gasteiger partial charge in [0.05, 0.1) is 30.4 Å². The maximum absolute atomic E-state index is 14.1. The number of aryl methyl sites for hydroxylation is 1. The first-order chi connectivity index (χ1) is 11.8. The number of likely N-dealkylation sites (N-methyl/N-ethyl adjacent to an activating group) is 1. The number of halogens is 1. The lowest BCUT2D eigenvalue weighted by Gasteiger charge is -2.28. The number of pyridine rings is 1. The van der Waals surface area contributed by atoms with Gasteiger partial charge in [-0.25, -0.2) is 9.37 Å². The van der Waals surface area contributed by atoms with Crippen LogP contribution in [0, 0.1) is 18.7 Å². The van der Waals surface area contributed by atoms with Crippen molar-refractivity contribution < 1.29 is 13.9 Å². The number of fused-ring (bicyclic) bond motifs is 1. The van der Waals surface area contributed by atoms with E-state index in [1.165, 1.54) is 6.07 Å². The topological polar surface area (TPSA) is 58.9 Å². The molecular formula is C18H25FN4O2. The first-order valence-electron chi connectivity index (χ1n) is 8.51. The lowest BCUT2D eigenvalue weighted by molar-refractivity contribution is -0.128. The second-order valence-corrected chi connectivity index (χ2v) is 7.24. The monoisotopic (exact) mass is 348 g/mol. The van der Waals surface area contributed by atoms with Crippen LogP contribution in [-0.2, 0) is 15.1 Å². The molecule has 136 valence electrons. The average molecular weight is 348 g/mol. The number of hydrogen-bond acceptors (Lipinski definition) is 4. The van der Waals surface area contributed by atoms with Crippen molar-refractivity contribution in [3.63, 3.8) is 0 Å². The molecule has 1 unspecified atom stereocenters. The molecule has 0 radical (unpaired) electrons. The minimum absolute atomic E-state index is 0.0791. The van der Waals surface area contributed by atoms with Gasteiger partial charge >= 0.3 is 0 Å². The van der Waals surface area contributed by atoms with Crippen molar-refractivity contribution in [1.29, 1.82) is 0 Å². The summed E-state index contributed by atoms with van der Waals surface area (Å²) in [5.41, 5.74) is 0.303. The van der Waals surface area contributed by atoms with E-state index in [4.69, 9.17) is 4.74 Å². The van der Waals surface area contributed by atoms with Gasteiger partial charge in [-0.3, -0.25) is 9.20 Å². The van der Waals surface area contributed by atoms with E-state index in [9.17, 15) is 9.18 Å². The summed E-state index contributed by atoms with van der Waals surface area (Å²) in [5.74, 6) is -0.0317. The normalized spacial score (nSPS) is 19.8. The van der Waals surface area contributed by atoms with Crippen LogP contribution in [0.15, 0.2) is 18.3 Å². The second kappa shape index (κ2) is 6.72. The molecule has 2 aromatic heterocycles. The molecule has 1 amide bonds. The molecule has 1 atom stereocenters. The van der Waals surface area contributed by atoms with Crippen LogP contribution in [0.2, 0.25) is 0 Å². The lowest BCUT2D eigenvalue weighted by Crippen LogP contribution is -2.47. The molecule has 0 aliphatic carbocycles. The molecule has 6 nitrogen and oxygen atoms in total. The number of nitrogens with one attached hydrogen (secondary N) is 1. The Morgan fingerprint density at radius 1 is 1.48 bits per heavy atom. The van der Waals surface area contributed by atoms with Gasteiger partial charge in [-0.05, 0) is 40.0 Å². The van der Waals surface area contributed by atoms with Crippen LogP contribution in [0.1, 0.15) is 25.4 Å². The Bertz CT molecular complexity index is 787. The van der Waals surface area contributed by atoms with Crippen LogP contribution in [-0.4, -0.2) is 53.5 Å². The molecule has 3 heterocycles. The van der Waals surface area contributed by atoms with E-state index in [0.717, 1.165) is 6.54 Å². The van der Waals surface area contributed by atoms with Crippen LogP contribution < -0.4 is 5.32 Å². The Morgan fingerprint density at radius 2 is 2.24 bits per heavy atom. The molecule has 1 saturated heterocycles. The predicted octanol–water partition coefficient (Wildman–Crippen LogP) is 1.71. The zero-order valence-electron chi connectivity index (χ0n) is 15.2. The van der Waals surface area contributed by atoms with Crippen molar-refractivity contribution in [1.82, 2.24) is 19.6 Å². The minimum atomic E-state index is -0.743. The summed E-state index contributed by atoms with van der Waals surface area (Å²) < 4.78 is 21.4. The van der Waals surface area contributed by atoms with Crippen LogP contribution >= 0.6 is 0 Å². The number of hydrogen-bond donors (Lipinski definition) is 1. The molecular weight excluding hydrogens is 323 g/mol. The number of carbonyl (C=O) groups is 1. The van der Waals surface area contributed by atoms with Crippen LogP contribution in [0.3, 0.4) is 0 Å². The molecule has 0 spiro atoms. The maximum Gasteiger partial charge on any atom is 0.227 e. The van der Waals surface area contributed by atoms with Gasteiger partial charge in [0.2, 0.25) is 5.91 Å². The van der Waals surface area contributed by atoms with Crippen molar-refractivity contribution in [3.05, 3.63) is 35.7 Å². The molecule has 1 N–H and O–H groups in total. The molecule has 25 heavy (non-hydrogen) atoms. The van der Waals surface area contributed by atoms with E-state index in [0.29, 0.717) is 36.8 Å². The molecule has 0 saturated carbocycles. The smallest absolute Gasteiger partial charge is 0.227 e. The van der Waals surface area contributed by atoms with Gasteiger partial charge in [0.25, 0.3) is 0 Å². The quantitative estimate of drug-likeness (QED) is 0.917. The average Bonchev–Trinajstić information content (AvgIpc) is 2.74. The SMILES string of the molecule is Cc1nc(C(C)(C)NC(=O)C2COCCN(C)C2)n2cccc(F)c12. The van der Waals surface area contributed by atoms with E-state index in [2.05, 4.69) is 15.2 Å². The third-order valence-electron chi connectivity index (χ3n) is 4.62. The van der Waals surface area contributed by atoms with E-state index >= 15 is 0 Å². The van der Waals surface area contributed by atoms with Crippen molar-refractivity contribution in [2.24, 2.45) is 5.92 Å². The number of ether oxygens (including phenoxy) is 1. The van der Waals surface area contributed by atoms with Crippen molar-refractivity contribution in [3.8, 4) is 0 Å². The minimum Gasteiger partial charge on any atom is -0.379 e. The number of aromatic nitrogens is 2. The number of nitrogens with zero attached hydrogens (tertiary/aromatic N) is 3. The Morgan fingerprint density at radius 3 is 3.00 bits per heavy atom. The summed E-state index contributed by atoms with van der Waals surface area (Å²) in [5, 5.41) is 3.06. The number of amides is 1. The van der Waals surface area contributed by atoms with E-state index < -0.39 is 5.54 Å². The van der Waals surface area contributed by atoms with Gasteiger partial charge in [-0.15, -0.1) is 0 Å². The summed E-state index contributed by atoms with van der Waals surface area (Å²) in [7, 11) is 1.98. The molecule has 0 aromatic carbocycles. The maximum atomic E-state index is 14.1. The number of carbonyl (C=O) groups excluding carboxylic acids is 1. The zero-order chi connectivity index (χ0) is 18.2. The summed E-state index contributed by atoms with van der Waals surface area (Å²) in [6, 6.07) is 3.05. The van der Waals surface area contributed by atoms with Gasteiger partial charge in [0.15, 0.2) is 0 Å². The van der Waals surface area contributed by atoms with Crippen LogP contribution in [0.5, 0.6) is 0 Å². The largest absolute Gasteiger partial charge is 0.379 e.